The molecular formula is C21H27N3O3. The largest absolute Gasteiger partial charge is 0.497 e. The predicted molar refractivity (Wildman–Crippen MR) is 100 cm³/mol. The molecule has 4 aliphatic heterocycles. The van der Waals surface area contributed by atoms with Gasteiger partial charge in [-0.3, -0.25) is 14.5 Å². The molecule has 0 spiro atoms. The molecule has 1 aliphatic carbocycles. The number of nitrogens with zero attached hydrogens (tertiary/aromatic N) is 2. The zero-order valence-electron chi connectivity index (χ0n) is 15.8. The van der Waals surface area contributed by atoms with Gasteiger partial charge in [0, 0.05) is 18.5 Å². The maximum absolute atomic E-state index is 13.4. The molecule has 4 heterocycles. The lowest BCUT2D eigenvalue weighted by atomic mass is 9.75. The van der Waals surface area contributed by atoms with Crippen molar-refractivity contribution >= 4 is 11.8 Å². The molecule has 5 fully saturated rings. The van der Waals surface area contributed by atoms with Crippen LogP contribution >= 0.6 is 0 Å². The molecule has 0 aromatic heterocycles. The van der Waals surface area contributed by atoms with Crippen molar-refractivity contribution in [1.29, 1.82) is 0 Å². The van der Waals surface area contributed by atoms with Crippen LogP contribution in [0.25, 0.3) is 0 Å². The van der Waals surface area contributed by atoms with E-state index in [-0.39, 0.29) is 17.9 Å². The van der Waals surface area contributed by atoms with Crippen molar-refractivity contribution in [2.24, 2.45) is 17.1 Å². The van der Waals surface area contributed by atoms with E-state index in [0.29, 0.717) is 31.3 Å². The molecule has 27 heavy (non-hydrogen) atoms. The number of primary amides is 1. The third-order valence-electron chi connectivity index (χ3n) is 7.41. The molecule has 0 radical (unpaired) electrons. The summed E-state index contributed by atoms with van der Waals surface area (Å²) < 4.78 is 5.43. The standard InChI is InChI=1S/C21H27N3O3/c1-27-15-4-2-3-14(11-15)16-12-24(20(26)21(7-8-21)19(22)25)17-13-5-9-23(10-6-13)18(16)17/h2-4,11,13,16-18H,5-10,12H2,1H3,(H2,22,25)/t16-,17-,18-/m0/s1. The van der Waals surface area contributed by atoms with Crippen LogP contribution in [-0.2, 0) is 9.59 Å². The number of piperidine rings is 3. The monoisotopic (exact) mass is 369 g/mol. The topological polar surface area (TPSA) is 75.9 Å². The Morgan fingerprint density at radius 2 is 1.93 bits per heavy atom. The molecule has 3 atom stereocenters. The average molecular weight is 369 g/mol. The van der Waals surface area contributed by atoms with Gasteiger partial charge in [0.2, 0.25) is 11.8 Å². The number of nitrogens with two attached hydrogens (primary N) is 1. The minimum absolute atomic E-state index is 0.0239. The molecule has 6 nitrogen and oxygen atoms in total. The van der Waals surface area contributed by atoms with Gasteiger partial charge in [-0.2, -0.15) is 0 Å². The fourth-order valence-electron chi connectivity index (χ4n) is 5.79. The van der Waals surface area contributed by atoms with Crippen LogP contribution in [0.15, 0.2) is 24.3 Å². The Morgan fingerprint density at radius 1 is 1.19 bits per heavy atom. The molecule has 144 valence electrons. The van der Waals surface area contributed by atoms with Crippen molar-refractivity contribution in [3.8, 4) is 5.75 Å². The Morgan fingerprint density at radius 3 is 2.56 bits per heavy atom. The summed E-state index contributed by atoms with van der Waals surface area (Å²) in [6.07, 6.45) is 3.49. The van der Waals surface area contributed by atoms with Crippen molar-refractivity contribution in [3.63, 3.8) is 0 Å². The first-order valence-corrected chi connectivity index (χ1v) is 10.0. The van der Waals surface area contributed by atoms with E-state index in [2.05, 4.69) is 17.0 Å². The van der Waals surface area contributed by atoms with Crippen molar-refractivity contribution in [2.75, 3.05) is 26.7 Å². The first-order chi connectivity index (χ1) is 13.0. The summed E-state index contributed by atoms with van der Waals surface area (Å²) >= 11 is 0. The minimum Gasteiger partial charge on any atom is -0.497 e. The first kappa shape index (κ1) is 17.0. The van der Waals surface area contributed by atoms with Crippen molar-refractivity contribution in [1.82, 2.24) is 9.80 Å². The number of rotatable bonds is 4. The lowest BCUT2D eigenvalue weighted by Gasteiger charge is -2.51. The Balaban J connectivity index is 1.52. The molecule has 2 bridgehead atoms. The maximum Gasteiger partial charge on any atom is 0.238 e. The van der Waals surface area contributed by atoms with Crippen LogP contribution < -0.4 is 10.5 Å². The van der Waals surface area contributed by atoms with E-state index in [9.17, 15) is 9.59 Å². The number of fused-ring (bicyclic) bond motifs is 2. The number of amides is 2. The Labute approximate surface area is 159 Å². The average Bonchev–Trinajstić information content (AvgIpc) is 3.42. The Hall–Kier alpha value is -2.08. The number of benzene rings is 1. The van der Waals surface area contributed by atoms with E-state index < -0.39 is 11.3 Å². The molecule has 2 N–H and O–H groups in total. The second kappa shape index (κ2) is 5.96. The van der Waals surface area contributed by atoms with E-state index in [1.807, 2.05) is 17.0 Å². The van der Waals surface area contributed by atoms with Crippen molar-refractivity contribution in [2.45, 2.75) is 43.7 Å². The van der Waals surface area contributed by atoms with Crippen molar-refractivity contribution in [3.05, 3.63) is 29.8 Å². The van der Waals surface area contributed by atoms with E-state index in [1.54, 1.807) is 7.11 Å². The smallest absolute Gasteiger partial charge is 0.238 e. The molecule has 6 rings (SSSR count). The van der Waals surface area contributed by atoms with Crippen molar-refractivity contribution < 1.29 is 14.3 Å². The summed E-state index contributed by atoms with van der Waals surface area (Å²) in [5.41, 5.74) is 5.90. The summed E-state index contributed by atoms with van der Waals surface area (Å²) in [5, 5.41) is 0. The number of ether oxygens (including phenoxy) is 1. The van der Waals surface area contributed by atoms with E-state index in [4.69, 9.17) is 10.5 Å². The van der Waals surface area contributed by atoms with Crippen LogP contribution in [-0.4, -0.2) is 60.4 Å². The highest BCUT2D eigenvalue weighted by Gasteiger charge is 2.62. The van der Waals surface area contributed by atoms with E-state index in [0.717, 1.165) is 31.7 Å². The van der Waals surface area contributed by atoms with Crippen LogP contribution in [0.4, 0.5) is 0 Å². The summed E-state index contributed by atoms with van der Waals surface area (Å²) in [4.78, 5) is 30.0. The van der Waals surface area contributed by atoms with Crippen LogP contribution in [0.1, 0.15) is 37.2 Å². The van der Waals surface area contributed by atoms with Gasteiger partial charge in [0.05, 0.1) is 13.2 Å². The zero-order chi connectivity index (χ0) is 18.8. The minimum atomic E-state index is -0.931. The number of carbonyl (C=O) groups is 2. The van der Waals surface area contributed by atoms with Gasteiger partial charge in [-0.05, 0) is 62.4 Å². The highest BCUT2D eigenvalue weighted by atomic mass is 16.5. The number of hydrogen-bond acceptors (Lipinski definition) is 4. The molecule has 1 aromatic rings. The predicted octanol–water partition coefficient (Wildman–Crippen LogP) is 1.35. The van der Waals surface area contributed by atoms with Gasteiger partial charge in [0.25, 0.3) is 0 Å². The highest BCUT2D eigenvalue weighted by Crippen LogP contribution is 2.52. The third-order valence-corrected chi connectivity index (χ3v) is 7.41. The summed E-state index contributed by atoms with van der Waals surface area (Å²) in [6, 6.07) is 8.75. The Kier molecular flexibility index (Phi) is 3.76. The number of hydrogen-bond donors (Lipinski definition) is 1. The number of methoxy groups -OCH3 is 1. The zero-order valence-corrected chi connectivity index (χ0v) is 15.8. The number of carbonyl (C=O) groups excluding carboxylic acids is 2. The molecule has 1 aromatic carbocycles. The van der Waals surface area contributed by atoms with Crippen LogP contribution in [0.5, 0.6) is 5.75 Å². The molecule has 2 amide bonds. The van der Waals surface area contributed by atoms with Gasteiger partial charge < -0.3 is 15.4 Å². The second-order valence-corrected chi connectivity index (χ2v) is 8.64. The van der Waals surface area contributed by atoms with Gasteiger partial charge in [-0.15, -0.1) is 0 Å². The fourth-order valence-corrected chi connectivity index (χ4v) is 5.79. The lowest BCUT2D eigenvalue weighted by molar-refractivity contribution is -0.146. The fraction of sp³-hybridized carbons (Fsp3) is 0.619. The SMILES string of the molecule is COc1cccc([C@@H]2CN(C(=O)C3(C(N)=O)CC3)[C@H]3C4CCN(CC4)[C@@H]23)c1. The van der Waals surface area contributed by atoms with Crippen LogP contribution in [0, 0.1) is 11.3 Å². The quantitative estimate of drug-likeness (QED) is 0.813. The van der Waals surface area contributed by atoms with Crippen LogP contribution in [0.2, 0.25) is 0 Å². The third kappa shape index (κ3) is 2.42. The molecule has 1 saturated carbocycles. The summed E-state index contributed by atoms with van der Waals surface area (Å²) in [7, 11) is 1.68. The van der Waals surface area contributed by atoms with Gasteiger partial charge >= 0.3 is 0 Å². The van der Waals surface area contributed by atoms with E-state index in [1.165, 1.54) is 5.56 Å². The van der Waals surface area contributed by atoms with Gasteiger partial charge in [-0.25, -0.2) is 0 Å². The first-order valence-electron chi connectivity index (χ1n) is 10.0. The number of likely N-dealkylation sites (tertiary alicyclic amines) is 1. The summed E-state index contributed by atoms with van der Waals surface area (Å²) in [6.45, 7) is 2.88. The molecule has 5 aliphatic rings. The molecular weight excluding hydrogens is 342 g/mol. The van der Waals surface area contributed by atoms with Gasteiger partial charge in [0.15, 0.2) is 0 Å². The van der Waals surface area contributed by atoms with Crippen LogP contribution in [0.3, 0.4) is 0 Å². The normalized spacial score (nSPS) is 35.6. The van der Waals surface area contributed by atoms with Gasteiger partial charge in [-0.1, -0.05) is 12.1 Å². The summed E-state index contributed by atoms with van der Waals surface area (Å²) in [5.74, 6) is 1.16. The highest BCUT2D eigenvalue weighted by molar-refractivity contribution is 6.07. The molecule has 4 saturated heterocycles. The Bertz CT molecular complexity index is 783. The molecule has 0 unspecified atom stereocenters. The van der Waals surface area contributed by atoms with E-state index >= 15 is 0 Å². The second-order valence-electron chi connectivity index (χ2n) is 8.64. The van der Waals surface area contributed by atoms with Gasteiger partial charge in [0.1, 0.15) is 11.2 Å². The molecule has 6 heteroatoms. The lowest BCUT2D eigenvalue weighted by Crippen LogP contribution is -2.61. The maximum atomic E-state index is 13.4.